The third-order valence-electron chi connectivity index (χ3n) is 2.28. The number of esters is 1. The Kier molecular flexibility index (Phi) is 5.60. The van der Waals surface area contributed by atoms with Gasteiger partial charge in [0.05, 0.1) is 0 Å². The molecule has 1 rings (SSSR count). The van der Waals surface area contributed by atoms with Gasteiger partial charge < -0.3 is 4.74 Å². The van der Waals surface area contributed by atoms with Crippen molar-refractivity contribution in [1.82, 2.24) is 0 Å². The number of ether oxygens (including phenoxy) is 1. The van der Waals surface area contributed by atoms with Crippen LogP contribution in [-0.4, -0.2) is 12.1 Å². The third kappa shape index (κ3) is 5.03. The fraction of sp³-hybridized carbons (Fsp3) is 0.267. The Morgan fingerprint density at radius 1 is 1.47 bits per heavy atom. The van der Waals surface area contributed by atoms with E-state index >= 15 is 0 Å². The van der Waals surface area contributed by atoms with Crippen molar-refractivity contribution in [3.8, 4) is 12.3 Å². The van der Waals surface area contributed by atoms with Crippen LogP contribution >= 0.6 is 0 Å². The van der Waals surface area contributed by atoms with Gasteiger partial charge >= 0.3 is 5.97 Å². The van der Waals surface area contributed by atoms with E-state index in [-0.39, 0.29) is 5.97 Å². The van der Waals surface area contributed by atoms with Crippen molar-refractivity contribution in [2.45, 2.75) is 25.4 Å². The van der Waals surface area contributed by atoms with E-state index in [1.807, 2.05) is 30.3 Å². The van der Waals surface area contributed by atoms with E-state index < -0.39 is 6.10 Å². The summed E-state index contributed by atoms with van der Waals surface area (Å²) in [5, 5.41) is 0. The summed E-state index contributed by atoms with van der Waals surface area (Å²) in [7, 11) is 0. The molecule has 0 bridgehead atoms. The lowest BCUT2D eigenvalue weighted by Crippen LogP contribution is -2.18. The zero-order chi connectivity index (χ0) is 12.5. The lowest BCUT2D eigenvalue weighted by atomic mass is 10.1. The van der Waals surface area contributed by atoms with E-state index in [4.69, 9.17) is 11.2 Å². The molecular formula is C15H16O2. The molecule has 88 valence electrons. The predicted molar refractivity (Wildman–Crippen MR) is 68.3 cm³/mol. The Morgan fingerprint density at radius 2 is 2.18 bits per heavy atom. The molecule has 0 heterocycles. The van der Waals surface area contributed by atoms with E-state index in [1.165, 1.54) is 0 Å². The molecule has 0 amide bonds. The number of carbonyl (C=O) groups excluding carboxylic acids is 1. The van der Waals surface area contributed by atoms with Crippen LogP contribution in [0.2, 0.25) is 0 Å². The molecule has 0 spiro atoms. The van der Waals surface area contributed by atoms with Crippen LogP contribution in [0.5, 0.6) is 0 Å². The average Bonchev–Trinajstić information content (AvgIpc) is 2.36. The summed E-state index contributed by atoms with van der Waals surface area (Å²) in [6.07, 6.45) is 8.04. The number of allylic oxidation sites excluding steroid dienone is 1. The van der Waals surface area contributed by atoms with Gasteiger partial charge in [-0.3, -0.25) is 4.79 Å². The first-order chi connectivity index (χ1) is 8.26. The molecule has 0 saturated heterocycles. The maximum atomic E-state index is 11.4. The zero-order valence-electron chi connectivity index (χ0n) is 9.76. The fourth-order valence-corrected chi connectivity index (χ4v) is 1.40. The van der Waals surface area contributed by atoms with Gasteiger partial charge in [0, 0.05) is 12.8 Å². The van der Waals surface area contributed by atoms with Gasteiger partial charge in [-0.05, 0) is 12.0 Å². The van der Waals surface area contributed by atoms with Crippen molar-refractivity contribution in [2.24, 2.45) is 0 Å². The second-order valence-corrected chi connectivity index (χ2v) is 3.66. The first-order valence-electron chi connectivity index (χ1n) is 5.56. The summed E-state index contributed by atoms with van der Waals surface area (Å²) in [6, 6.07) is 9.72. The number of carbonyl (C=O) groups is 1. The molecule has 0 fully saturated rings. The first kappa shape index (κ1) is 13.1. The lowest BCUT2D eigenvalue weighted by Gasteiger charge is -2.12. The molecule has 1 aromatic rings. The SMILES string of the molecule is C#C[C@@H](Cc1ccccc1)OC(=O)CCC=C. The van der Waals surface area contributed by atoms with Crippen LogP contribution in [0.1, 0.15) is 18.4 Å². The number of hydrogen-bond acceptors (Lipinski definition) is 2. The zero-order valence-corrected chi connectivity index (χ0v) is 9.76. The molecule has 17 heavy (non-hydrogen) atoms. The summed E-state index contributed by atoms with van der Waals surface area (Å²) >= 11 is 0. The molecule has 2 nitrogen and oxygen atoms in total. The lowest BCUT2D eigenvalue weighted by molar-refractivity contribution is -0.146. The number of benzene rings is 1. The van der Waals surface area contributed by atoms with Gasteiger partial charge in [0.25, 0.3) is 0 Å². The molecule has 0 aliphatic carbocycles. The van der Waals surface area contributed by atoms with E-state index in [9.17, 15) is 4.79 Å². The third-order valence-corrected chi connectivity index (χ3v) is 2.28. The van der Waals surface area contributed by atoms with Crippen molar-refractivity contribution in [2.75, 3.05) is 0 Å². The Balaban J connectivity index is 2.47. The average molecular weight is 228 g/mol. The summed E-state index contributed by atoms with van der Waals surface area (Å²) < 4.78 is 5.18. The maximum absolute atomic E-state index is 11.4. The first-order valence-corrected chi connectivity index (χ1v) is 5.56. The van der Waals surface area contributed by atoms with E-state index in [0.717, 1.165) is 5.56 Å². The molecule has 0 saturated carbocycles. The summed E-state index contributed by atoms with van der Waals surface area (Å²) in [5.41, 5.74) is 1.06. The minimum atomic E-state index is -0.491. The minimum absolute atomic E-state index is 0.274. The van der Waals surface area contributed by atoms with Crippen molar-refractivity contribution >= 4 is 5.97 Å². The minimum Gasteiger partial charge on any atom is -0.449 e. The molecule has 2 heteroatoms. The normalized spacial score (nSPS) is 11.2. The van der Waals surface area contributed by atoms with Crippen LogP contribution in [0.15, 0.2) is 43.0 Å². The van der Waals surface area contributed by atoms with Crippen LogP contribution in [0, 0.1) is 12.3 Å². The van der Waals surface area contributed by atoms with Gasteiger partial charge in [-0.1, -0.05) is 42.3 Å². The molecule has 0 aliphatic heterocycles. The smallest absolute Gasteiger partial charge is 0.307 e. The second kappa shape index (κ2) is 7.29. The Labute approximate surface area is 102 Å². The Bertz CT molecular complexity index is 401. The molecule has 0 N–H and O–H groups in total. The van der Waals surface area contributed by atoms with Crippen molar-refractivity contribution in [3.05, 3.63) is 48.6 Å². The van der Waals surface area contributed by atoms with Gasteiger partial charge in [0.2, 0.25) is 0 Å². The van der Waals surface area contributed by atoms with Crippen LogP contribution in [0.25, 0.3) is 0 Å². The van der Waals surface area contributed by atoms with Crippen LogP contribution in [0.3, 0.4) is 0 Å². The highest BCUT2D eigenvalue weighted by Crippen LogP contribution is 2.07. The molecule has 0 radical (unpaired) electrons. The van der Waals surface area contributed by atoms with Gasteiger partial charge in [-0.25, -0.2) is 0 Å². The largest absolute Gasteiger partial charge is 0.449 e. The fourth-order valence-electron chi connectivity index (χ4n) is 1.40. The molecular weight excluding hydrogens is 212 g/mol. The standard InChI is InChI=1S/C15H16O2/c1-3-5-11-15(16)17-14(4-2)12-13-9-7-6-8-10-13/h2-3,6-10,14H,1,5,11-12H2/t14-/m0/s1. The molecule has 1 aromatic carbocycles. The van der Waals surface area contributed by atoms with Gasteiger partial charge in [-0.15, -0.1) is 13.0 Å². The monoisotopic (exact) mass is 228 g/mol. The summed E-state index contributed by atoms with van der Waals surface area (Å²) in [6.45, 7) is 3.55. The summed E-state index contributed by atoms with van der Waals surface area (Å²) in [5.74, 6) is 2.21. The topological polar surface area (TPSA) is 26.3 Å². The van der Waals surface area contributed by atoms with Crippen LogP contribution in [0.4, 0.5) is 0 Å². The van der Waals surface area contributed by atoms with Gasteiger partial charge in [-0.2, -0.15) is 0 Å². The predicted octanol–water partition coefficient (Wildman–Crippen LogP) is 2.74. The van der Waals surface area contributed by atoms with Crippen molar-refractivity contribution in [1.29, 1.82) is 0 Å². The highest BCUT2D eigenvalue weighted by atomic mass is 16.5. The molecule has 0 unspecified atom stereocenters. The molecule has 0 aliphatic rings. The van der Waals surface area contributed by atoms with Crippen LogP contribution in [-0.2, 0) is 16.0 Å². The Morgan fingerprint density at radius 3 is 2.76 bits per heavy atom. The molecule has 0 aromatic heterocycles. The van der Waals surface area contributed by atoms with E-state index in [1.54, 1.807) is 6.08 Å². The van der Waals surface area contributed by atoms with E-state index in [0.29, 0.717) is 19.3 Å². The second-order valence-electron chi connectivity index (χ2n) is 3.66. The highest BCUT2D eigenvalue weighted by Gasteiger charge is 2.11. The quantitative estimate of drug-likeness (QED) is 0.425. The van der Waals surface area contributed by atoms with Crippen molar-refractivity contribution in [3.63, 3.8) is 0 Å². The summed E-state index contributed by atoms with van der Waals surface area (Å²) in [4.78, 5) is 11.4. The Hall–Kier alpha value is -2.01. The van der Waals surface area contributed by atoms with E-state index in [2.05, 4.69) is 12.5 Å². The van der Waals surface area contributed by atoms with Crippen molar-refractivity contribution < 1.29 is 9.53 Å². The maximum Gasteiger partial charge on any atom is 0.307 e. The number of rotatable bonds is 6. The van der Waals surface area contributed by atoms with Crippen LogP contribution < -0.4 is 0 Å². The molecule has 1 atom stereocenters. The van der Waals surface area contributed by atoms with Gasteiger partial charge in [0.15, 0.2) is 6.10 Å². The number of terminal acetylenes is 1. The number of hydrogen-bond donors (Lipinski definition) is 0. The van der Waals surface area contributed by atoms with Gasteiger partial charge in [0.1, 0.15) is 0 Å². The highest BCUT2D eigenvalue weighted by molar-refractivity contribution is 5.70.